The first-order chi connectivity index (χ1) is 16.1. The summed E-state index contributed by atoms with van der Waals surface area (Å²) in [5, 5.41) is 3.32. The number of carbonyl (C=O) groups excluding carboxylic acids is 1. The van der Waals surface area contributed by atoms with Crippen LogP contribution in [-0.4, -0.2) is 31.2 Å². The molecule has 3 rings (SSSR count). The van der Waals surface area contributed by atoms with Crippen LogP contribution in [0.25, 0.3) is 11.5 Å². The lowest BCUT2D eigenvalue weighted by Crippen LogP contribution is -2.28. The van der Waals surface area contributed by atoms with Gasteiger partial charge in [0.15, 0.2) is 0 Å². The number of carbonyl (C=O) groups is 1. The fraction of sp³-hybridized carbons (Fsp3) is 0.407. The van der Waals surface area contributed by atoms with Crippen molar-refractivity contribution in [3.63, 3.8) is 0 Å². The number of hydrogen-bond donors (Lipinski definition) is 1. The zero-order valence-corrected chi connectivity index (χ0v) is 19.8. The average molecular weight is 451 g/mol. The Kier molecular flexibility index (Phi) is 9.51. The highest BCUT2D eigenvalue weighted by Gasteiger charge is 2.14. The van der Waals surface area contributed by atoms with Crippen molar-refractivity contribution in [2.45, 2.75) is 52.0 Å². The molecule has 0 aliphatic heterocycles. The number of oxazole rings is 1. The van der Waals surface area contributed by atoms with Gasteiger partial charge in [-0.05, 0) is 43.2 Å². The molecule has 0 aliphatic rings. The third-order valence-corrected chi connectivity index (χ3v) is 5.62. The Morgan fingerprint density at radius 3 is 2.55 bits per heavy atom. The number of ether oxygens (including phenoxy) is 2. The number of esters is 1. The highest BCUT2D eigenvalue weighted by atomic mass is 16.5. The summed E-state index contributed by atoms with van der Waals surface area (Å²) in [5.41, 5.74) is 3.02. The molecule has 1 heterocycles. The van der Waals surface area contributed by atoms with Gasteiger partial charge in [0.1, 0.15) is 11.5 Å². The van der Waals surface area contributed by atoms with Gasteiger partial charge in [-0.2, -0.15) is 0 Å². The maximum absolute atomic E-state index is 11.6. The Morgan fingerprint density at radius 1 is 1.09 bits per heavy atom. The third kappa shape index (κ3) is 7.46. The van der Waals surface area contributed by atoms with E-state index in [4.69, 9.17) is 13.9 Å². The third-order valence-electron chi connectivity index (χ3n) is 5.62. The van der Waals surface area contributed by atoms with Crippen LogP contribution in [0.3, 0.4) is 0 Å². The van der Waals surface area contributed by atoms with E-state index in [2.05, 4.69) is 29.4 Å². The Bertz CT molecular complexity index is 983. The lowest BCUT2D eigenvalue weighted by Gasteiger charge is -2.19. The lowest BCUT2D eigenvalue weighted by atomic mass is 10.0. The summed E-state index contributed by atoms with van der Waals surface area (Å²) in [6.45, 7) is 4.84. The number of unbranched alkanes of at least 4 members (excludes halogenated alkanes) is 2. The number of rotatable bonds is 13. The fourth-order valence-electron chi connectivity index (χ4n) is 3.69. The Morgan fingerprint density at radius 2 is 1.85 bits per heavy atom. The number of aromatic nitrogens is 1. The molecule has 1 atom stereocenters. The van der Waals surface area contributed by atoms with Crippen LogP contribution in [0.2, 0.25) is 0 Å². The molecule has 6 heteroatoms. The van der Waals surface area contributed by atoms with E-state index in [9.17, 15) is 4.79 Å². The van der Waals surface area contributed by atoms with Crippen molar-refractivity contribution < 1.29 is 18.7 Å². The largest absolute Gasteiger partial charge is 0.493 e. The van der Waals surface area contributed by atoms with Gasteiger partial charge in [-0.3, -0.25) is 4.79 Å². The molecule has 0 amide bonds. The first kappa shape index (κ1) is 24.5. The number of hydrogen-bond acceptors (Lipinski definition) is 6. The van der Waals surface area contributed by atoms with Crippen LogP contribution in [0.1, 0.15) is 55.7 Å². The van der Waals surface area contributed by atoms with E-state index in [1.165, 1.54) is 13.5 Å². The molecule has 6 nitrogen and oxygen atoms in total. The second kappa shape index (κ2) is 12.8. The zero-order chi connectivity index (χ0) is 23.5. The van der Waals surface area contributed by atoms with Crippen molar-refractivity contribution in [2.24, 2.45) is 0 Å². The molecule has 0 radical (unpaired) electrons. The molecule has 0 aliphatic carbocycles. The molecule has 2 aromatic carbocycles. The molecule has 1 aromatic heterocycles. The minimum Gasteiger partial charge on any atom is -0.493 e. The normalized spacial score (nSPS) is 11.8. The van der Waals surface area contributed by atoms with Crippen molar-refractivity contribution in [1.29, 1.82) is 0 Å². The van der Waals surface area contributed by atoms with E-state index in [-0.39, 0.29) is 18.6 Å². The van der Waals surface area contributed by atoms with Gasteiger partial charge >= 0.3 is 5.97 Å². The van der Waals surface area contributed by atoms with Crippen LogP contribution >= 0.6 is 0 Å². The van der Waals surface area contributed by atoms with Gasteiger partial charge in [-0.25, -0.2) is 4.98 Å². The Labute approximate surface area is 196 Å². The van der Waals surface area contributed by atoms with Crippen molar-refractivity contribution in [2.75, 3.05) is 20.3 Å². The van der Waals surface area contributed by atoms with Crippen LogP contribution in [0.5, 0.6) is 5.75 Å². The van der Waals surface area contributed by atoms with Crippen molar-refractivity contribution in [1.82, 2.24) is 10.3 Å². The SMILES string of the molecule is CCCCCC(NCC(=O)OC)c1ccc(OCCc2nc(-c3ccccc3)oc2C)cc1. The average Bonchev–Trinajstić information content (AvgIpc) is 3.22. The van der Waals surface area contributed by atoms with Crippen molar-refractivity contribution >= 4 is 5.97 Å². The zero-order valence-electron chi connectivity index (χ0n) is 19.8. The monoisotopic (exact) mass is 450 g/mol. The molecular formula is C27H34N2O4. The van der Waals surface area contributed by atoms with Gasteiger partial charge in [-0.1, -0.05) is 56.5 Å². The van der Waals surface area contributed by atoms with Crippen LogP contribution < -0.4 is 10.1 Å². The quantitative estimate of drug-likeness (QED) is 0.268. The minimum absolute atomic E-state index is 0.110. The number of nitrogens with one attached hydrogen (secondary N) is 1. The summed E-state index contributed by atoms with van der Waals surface area (Å²) in [6.07, 6.45) is 5.08. The molecule has 33 heavy (non-hydrogen) atoms. The summed E-state index contributed by atoms with van der Waals surface area (Å²) >= 11 is 0. The molecule has 3 aromatic rings. The van der Waals surface area contributed by atoms with E-state index in [1.807, 2.05) is 49.4 Å². The summed E-state index contributed by atoms with van der Waals surface area (Å²) < 4.78 is 16.5. The topological polar surface area (TPSA) is 73.6 Å². The lowest BCUT2D eigenvalue weighted by molar-refractivity contribution is -0.139. The molecule has 0 saturated carbocycles. The maximum Gasteiger partial charge on any atom is 0.319 e. The van der Waals surface area contributed by atoms with E-state index in [1.54, 1.807) is 0 Å². The van der Waals surface area contributed by atoms with E-state index in [0.29, 0.717) is 18.9 Å². The van der Waals surface area contributed by atoms with Gasteiger partial charge in [0.2, 0.25) is 5.89 Å². The Balaban J connectivity index is 1.55. The first-order valence-electron chi connectivity index (χ1n) is 11.7. The number of aryl methyl sites for hydroxylation is 1. The maximum atomic E-state index is 11.6. The highest BCUT2D eigenvalue weighted by Crippen LogP contribution is 2.24. The van der Waals surface area contributed by atoms with Crippen molar-refractivity contribution in [3.05, 3.63) is 71.6 Å². The molecule has 1 N–H and O–H groups in total. The summed E-state index contributed by atoms with van der Waals surface area (Å²) in [7, 11) is 1.41. The first-order valence-corrected chi connectivity index (χ1v) is 11.7. The number of nitrogens with zero attached hydrogens (tertiary/aromatic N) is 1. The van der Waals surface area contributed by atoms with Gasteiger partial charge in [0, 0.05) is 18.0 Å². The van der Waals surface area contributed by atoms with Crippen LogP contribution in [0.15, 0.2) is 59.0 Å². The highest BCUT2D eigenvalue weighted by molar-refractivity contribution is 5.71. The van der Waals surface area contributed by atoms with Gasteiger partial charge < -0.3 is 19.2 Å². The minimum atomic E-state index is -0.256. The summed E-state index contributed by atoms with van der Waals surface area (Å²) in [6, 6.07) is 18.1. The van der Waals surface area contributed by atoms with E-state index >= 15 is 0 Å². The number of benzene rings is 2. The Hall–Kier alpha value is -3.12. The molecule has 1 unspecified atom stereocenters. The van der Waals surface area contributed by atoms with E-state index < -0.39 is 0 Å². The predicted octanol–water partition coefficient (Wildman–Crippen LogP) is 5.66. The van der Waals surface area contributed by atoms with Crippen LogP contribution in [-0.2, 0) is 16.0 Å². The van der Waals surface area contributed by atoms with Gasteiger partial charge in [0.05, 0.1) is 26.0 Å². The standard InChI is InChI=1S/C27H34N2O4/c1-4-5-7-12-25(28-19-26(30)31-3)21-13-15-23(16-14-21)32-18-17-24-20(2)33-27(29-24)22-10-8-6-9-11-22/h6,8-11,13-16,25,28H,4-5,7,12,17-19H2,1-3H3. The van der Waals surface area contributed by atoms with Crippen LogP contribution in [0.4, 0.5) is 0 Å². The smallest absolute Gasteiger partial charge is 0.319 e. The van der Waals surface area contributed by atoms with Crippen molar-refractivity contribution in [3.8, 4) is 17.2 Å². The molecular weight excluding hydrogens is 416 g/mol. The second-order valence-electron chi connectivity index (χ2n) is 8.06. The van der Waals surface area contributed by atoms with Gasteiger partial charge in [-0.15, -0.1) is 0 Å². The number of methoxy groups -OCH3 is 1. The molecule has 0 bridgehead atoms. The molecule has 0 saturated heterocycles. The summed E-state index contributed by atoms with van der Waals surface area (Å²) in [4.78, 5) is 16.2. The predicted molar refractivity (Wildman–Crippen MR) is 129 cm³/mol. The van der Waals surface area contributed by atoms with Crippen LogP contribution in [0, 0.1) is 6.92 Å². The summed E-state index contributed by atoms with van der Waals surface area (Å²) in [5.74, 6) is 2.01. The van der Waals surface area contributed by atoms with E-state index in [0.717, 1.165) is 47.6 Å². The molecule has 0 spiro atoms. The molecule has 0 fully saturated rings. The second-order valence-corrected chi connectivity index (χ2v) is 8.06. The fourth-order valence-corrected chi connectivity index (χ4v) is 3.69. The molecule has 176 valence electrons. The van der Waals surface area contributed by atoms with Gasteiger partial charge in [0.25, 0.3) is 0 Å².